The number of aliphatic carboxylic acids is 1. The van der Waals surface area contributed by atoms with Crippen molar-refractivity contribution in [1.82, 2.24) is 30.2 Å². The van der Waals surface area contributed by atoms with Crippen LogP contribution in [0.15, 0.2) is 17.0 Å². The van der Waals surface area contributed by atoms with Crippen LogP contribution in [0.2, 0.25) is 0 Å². The van der Waals surface area contributed by atoms with Crippen LogP contribution in [-0.4, -0.2) is 59.1 Å². The smallest absolute Gasteiger partial charge is 0.475 e. The predicted molar refractivity (Wildman–Crippen MR) is 126 cm³/mol. The zero-order valence-corrected chi connectivity index (χ0v) is 20.5. The lowest BCUT2D eigenvalue weighted by Crippen LogP contribution is -2.68. The fourth-order valence-corrected chi connectivity index (χ4v) is 6.88. The molecule has 4 fully saturated rings. The van der Waals surface area contributed by atoms with E-state index >= 15 is 0 Å². The molecule has 4 bridgehead atoms. The summed E-state index contributed by atoms with van der Waals surface area (Å²) in [4.78, 5) is 31.4. The van der Waals surface area contributed by atoms with Gasteiger partial charge < -0.3 is 26.5 Å². The maximum Gasteiger partial charge on any atom is 0.490 e. The number of carboxylic acid groups (broad SMARTS) is 1. The molecule has 6 N–H and O–H groups in total. The number of amides is 1. The molecule has 0 saturated heterocycles. The second-order valence-electron chi connectivity index (χ2n) is 10.6. The van der Waals surface area contributed by atoms with Crippen LogP contribution in [0.1, 0.15) is 55.8 Å². The van der Waals surface area contributed by atoms with Crippen molar-refractivity contribution in [3.8, 4) is 11.5 Å². The first-order valence-electron chi connectivity index (χ1n) is 12.2. The summed E-state index contributed by atoms with van der Waals surface area (Å²) in [5, 5.41) is 18.1. The van der Waals surface area contributed by atoms with Crippen molar-refractivity contribution in [3.63, 3.8) is 0 Å². The molecular formula is C23H27F3N8O4. The third-order valence-electron chi connectivity index (χ3n) is 7.66. The van der Waals surface area contributed by atoms with Crippen LogP contribution in [0, 0.1) is 11.8 Å². The van der Waals surface area contributed by atoms with E-state index in [1.54, 1.807) is 12.4 Å². The molecule has 204 valence electrons. The largest absolute Gasteiger partial charge is 0.490 e. The van der Waals surface area contributed by atoms with E-state index in [2.05, 4.69) is 25.6 Å². The Hall–Kier alpha value is -3.75. The number of hydrogen-bond donors (Lipinski definition) is 4. The van der Waals surface area contributed by atoms with Gasteiger partial charge in [0.2, 0.25) is 0 Å². The number of hydrogen-bond acceptors (Lipinski definition) is 9. The van der Waals surface area contributed by atoms with Gasteiger partial charge in [-0.3, -0.25) is 9.78 Å². The number of carboxylic acids is 1. The third kappa shape index (κ3) is 4.54. The lowest BCUT2D eigenvalue weighted by atomic mass is 9.50. The van der Waals surface area contributed by atoms with Crippen molar-refractivity contribution < 1.29 is 32.5 Å². The first-order valence-corrected chi connectivity index (χ1v) is 12.2. The van der Waals surface area contributed by atoms with Gasteiger partial charge in [0, 0.05) is 23.8 Å². The SMILES string of the molecule is CCn1c(-c2nonc2N)nc2cncc(C(=O)N[C@@]34C[C@@H]5C[C@@H](CC(N)(C5)C3)C4)c21.O=C(O)C(F)(F)F. The minimum atomic E-state index is -5.08. The third-order valence-corrected chi connectivity index (χ3v) is 7.66. The number of aromatic nitrogens is 5. The number of halogens is 3. The number of rotatable bonds is 4. The van der Waals surface area contributed by atoms with Crippen molar-refractivity contribution in [2.75, 3.05) is 5.73 Å². The molecule has 4 saturated carbocycles. The van der Waals surface area contributed by atoms with Gasteiger partial charge in [-0.25, -0.2) is 14.4 Å². The number of carbonyl (C=O) groups is 2. The van der Waals surface area contributed by atoms with Crippen LogP contribution >= 0.6 is 0 Å². The summed E-state index contributed by atoms with van der Waals surface area (Å²) in [6.45, 7) is 2.55. The molecule has 3 heterocycles. The highest BCUT2D eigenvalue weighted by molar-refractivity contribution is 6.05. The molecule has 0 aliphatic heterocycles. The van der Waals surface area contributed by atoms with Crippen molar-refractivity contribution in [3.05, 3.63) is 18.0 Å². The average molecular weight is 537 g/mol. The summed E-state index contributed by atoms with van der Waals surface area (Å²) in [7, 11) is 0. The lowest BCUT2D eigenvalue weighted by Gasteiger charge is -2.61. The van der Waals surface area contributed by atoms with Gasteiger partial charge in [-0.1, -0.05) is 0 Å². The molecule has 4 aliphatic rings. The molecule has 12 nitrogen and oxygen atoms in total. The second kappa shape index (κ2) is 8.92. The zero-order chi connectivity index (χ0) is 27.5. The number of alkyl halides is 3. The molecule has 0 aromatic carbocycles. The molecular weight excluding hydrogens is 509 g/mol. The summed E-state index contributed by atoms with van der Waals surface area (Å²) in [5.74, 6) is -1.00. The zero-order valence-electron chi connectivity index (χ0n) is 20.5. The van der Waals surface area contributed by atoms with E-state index in [9.17, 15) is 18.0 Å². The number of aryl methyl sites for hydroxylation is 1. The van der Waals surface area contributed by atoms with E-state index in [0.29, 0.717) is 46.5 Å². The van der Waals surface area contributed by atoms with Crippen LogP contribution in [0.3, 0.4) is 0 Å². The molecule has 1 unspecified atom stereocenters. The van der Waals surface area contributed by atoms with Gasteiger partial charge in [-0.15, -0.1) is 0 Å². The molecule has 0 radical (unpaired) electrons. The minimum absolute atomic E-state index is 0.129. The lowest BCUT2D eigenvalue weighted by molar-refractivity contribution is -0.192. The van der Waals surface area contributed by atoms with Crippen molar-refractivity contribution >= 4 is 28.7 Å². The topological polar surface area (TPSA) is 188 Å². The molecule has 3 aromatic rings. The Morgan fingerprint density at radius 3 is 2.39 bits per heavy atom. The Kier molecular flexibility index (Phi) is 6.08. The fraction of sp³-hybridized carbons (Fsp3) is 0.565. The maximum atomic E-state index is 13.6. The highest BCUT2D eigenvalue weighted by atomic mass is 19.4. The molecule has 0 spiro atoms. The molecule has 7 rings (SSSR count). The van der Waals surface area contributed by atoms with E-state index in [0.717, 1.165) is 32.1 Å². The number of anilines is 1. The summed E-state index contributed by atoms with van der Waals surface area (Å²) in [6.07, 6.45) is 4.45. The molecule has 3 aromatic heterocycles. The van der Waals surface area contributed by atoms with Crippen LogP contribution in [-0.2, 0) is 11.3 Å². The Bertz CT molecular complexity index is 1390. The van der Waals surface area contributed by atoms with E-state index in [1.807, 2.05) is 11.5 Å². The summed E-state index contributed by atoms with van der Waals surface area (Å²) < 4.78 is 38.4. The summed E-state index contributed by atoms with van der Waals surface area (Å²) in [5.41, 5.74) is 14.4. The van der Waals surface area contributed by atoms with Crippen LogP contribution in [0.4, 0.5) is 19.0 Å². The van der Waals surface area contributed by atoms with E-state index in [1.165, 1.54) is 6.42 Å². The van der Waals surface area contributed by atoms with Crippen LogP contribution < -0.4 is 16.8 Å². The van der Waals surface area contributed by atoms with E-state index in [4.69, 9.17) is 26.0 Å². The molecule has 38 heavy (non-hydrogen) atoms. The highest BCUT2D eigenvalue weighted by Crippen LogP contribution is 2.56. The van der Waals surface area contributed by atoms with Crippen LogP contribution in [0.25, 0.3) is 22.6 Å². The van der Waals surface area contributed by atoms with Crippen LogP contribution in [0.5, 0.6) is 0 Å². The maximum absolute atomic E-state index is 13.6. The molecule has 15 heteroatoms. The average Bonchev–Trinajstić information content (AvgIpc) is 3.39. The van der Waals surface area contributed by atoms with Gasteiger partial charge in [0.05, 0.1) is 17.3 Å². The monoisotopic (exact) mass is 536 g/mol. The summed E-state index contributed by atoms with van der Waals surface area (Å²) in [6, 6.07) is 0. The number of nitrogens with one attached hydrogen (secondary N) is 1. The van der Waals surface area contributed by atoms with Gasteiger partial charge >= 0.3 is 12.1 Å². The number of nitrogens with zero attached hydrogens (tertiary/aromatic N) is 5. The second-order valence-corrected chi connectivity index (χ2v) is 10.6. The van der Waals surface area contributed by atoms with Crippen molar-refractivity contribution in [1.29, 1.82) is 0 Å². The quantitative estimate of drug-likeness (QED) is 0.386. The van der Waals surface area contributed by atoms with Gasteiger partial charge in [-0.2, -0.15) is 13.2 Å². The number of carbonyl (C=O) groups excluding carboxylic acids is 1. The Balaban J connectivity index is 0.000000374. The van der Waals surface area contributed by atoms with Gasteiger partial charge in [0.15, 0.2) is 17.3 Å². The van der Waals surface area contributed by atoms with E-state index < -0.39 is 12.1 Å². The number of pyridine rings is 1. The Morgan fingerprint density at radius 1 is 1.21 bits per heavy atom. The number of nitrogens with two attached hydrogens (primary N) is 2. The fourth-order valence-electron chi connectivity index (χ4n) is 6.88. The van der Waals surface area contributed by atoms with Gasteiger partial charge in [0.25, 0.3) is 5.91 Å². The number of nitrogen functional groups attached to an aromatic ring is 1. The Labute approximate surface area is 213 Å². The highest BCUT2D eigenvalue weighted by Gasteiger charge is 2.56. The van der Waals surface area contributed by atoms with E-state index in [-0.39, 0.29) is 22.8 Å². The first-order chi connectivity index (χ1) is 17.8. The molecule has 1 amide bonds. The molecule has 4 aliphatic carbocycles. The number of imidazole rings is 1. The predicted octanol–water partition coefficient (Wildman–Crippen LogP) is 2.50. The molecule has 4 atom stereocenters. The van der Waals surface area contributed by atoms with Gasteiger partial charge in [-0.05, 0) is 67.6 Å². The normalized spacial score (nSPS) is 27.7. The Morgan fingerprint density at radius 2 is 1.87 bits per heavy atom. The van der Waals surface area contributed by atoms with Crippen molar-refractivity contribution in [2.45, 2.75) is 69.2 Å². The summed E-state index contributed by atoms with van der Waals surface area (Å²) >= 11 is 0. The van der Waals surface area contributed by atoms with Crippen molar-refractivity contribution in [2.24, 2.45) is 17.6 Å². The van der Waals surface area contributed by atoms with Gasteiger partial charge in [0.1, 0.15) is 5.52 Å². The standard InChI is InChI=1S/C21H26N8O2.C2HF3O2/c1-2-29-16-13(8-24-9-14(16)25-18(29)15-17(22)28-31-27-15)19(30)26-21-6-11-3-12(7-21)5-20(23,4-11)10-21;3-2(4,5)1(6)7/h8-9,11-12H,2-7,10,23H2,1H3,(H2,22,28)(H,26,30);(H,6,7)/t11-,12+,20?,21-;. The first kappa shape index (κ1) is 25.9. The minimum Gasteiger partial charge on any atom is -0.475 e. The number of fused-ring (bicyclic) bond motifs is 1.